The summed E-state index contributed by atoms with van der Waals surface area (Å²) in [5.41, 5.74) is 7.83. The molecule has 1 aromatic heterocycles. The Balaban J connectivity index is 1.87. The monoisotopic (exact) mass is 404 g/mol. The minimum atomic E-state index is -4.45. The van der Waals surface area contributed by atoms with Crippen molar-refractivity contribution in [2.45, 2.75) is 17.7 Å². The molecule has 7 nitrogen and oxygen atoms in total. The van der Waals surface area contributed by atoms with E-state index in [1.807, 2.05) is 12.1 Å². The third-order valence-electron chi connectivity index (χ3n) is 4.52. The summed E-state index contributed by atoms with van der Waals surface area (Å²) in [5, 5.41) is 4.00. The van der Waals surface area contributed by atoms with E-state index in [4.69, 9.17) is 5.73 Å². The number of benzene rings is 2. The molecule has 1 aliphatic carbocycles. The van der Waals surface area contributed by atoms with Gasteiger partial charge < -0.3 is 5.73 Å². The summed E-state index contributed by atoms with van der Waals surface area (Å²) in [4.78, 5) is 14.1. The van der Waals surface area contributed by atoms with Crippen LogP contribution in [0.25, 0.3) is 11.3 Å². The van der Waals surface area contributed by atoms with Crippen LogP contribution >= 0.6 is 0 Å². The van der Waals surface area contributed by atoms with E-state index in [0.29, 0.717) is 35.7 Å². The maximum Gasteiger partial charge on any atom is 0.279 e. The maximum absolute atomic E-state index is 14.0. The second-order valence-corrected chi connectivity index (χ2v) is 7.91. The van der Waals surface area contributed by atoms with Crippen molar-refractivity contribution in [1.29, 1.82) is 0 Å². The predicted octanol–water partition coefficient (Wildman–Crippen LogP) is 1.96. The molecular formula is C18H14F2N4O3S. The summed E-state index contributed by atoms with van der Waals surface area (Å²) in [6.07, 6.45) is 1.08. The lowest BCUT2D eigenvalue weighted by molar-refractivity contribution is 0.0994. The average Bonchev–Trinajstić information content (AvgIpc) is 3.00. The zero-order valence-electron chi connectivity index (χ0n) is 14.3. The molecule has 0 aliphatic heterocycles. The van der Waals surface area contributed by atoms with Gasteiger partial charge in [0.05, 0.1) is 5.69 Å². The third-order valence-corrected chi connectivity index (χ3v) is 5.85. The van der Waals surface area contributed by atoms with Crippen LogP contribution in [0.2, 0.25) is 0 Å². The first-order valence-electron chi connectivity index (χ1n) is 8.26. The zero-order valence-corrected chi connectivity index (χ0v) is 15.1. The van der Waals surface area contributed by atoms with Gasteiger partial charge in [-0.3, -0.25) is 4.79 Å². The van der Waals surface area contributed by atoms with Gasteiger partial charge in [0.2, 0.25) is 0 Å². The number of primary amides is 1. The Bertz CT molecular complexity index is 1220. The largest absolute Gasteiger partial charge is 0.364 e. The van der Waals surface area contributed by atoms with Crippen molar-refractivity contribution in [3.8, 4) is 11.3 Å². The number of hydrogen-bond donors (Lipinski definition) is 2. The molecule has 144 valence electrons. The molecule has 0 saturated carbocycles. The van der Waals surface area contributed by atoms with Crippen molar-refractivity contribution in [2.75, 3.05) is 4.83 Å². The molecule has 0 atom stereocenters. The van der Waals surface area contributed by atoms with Crippen LogP contribution in [0.3, 0.4) is 0 Å². The molecule has 3 aromatic rings. The summed E-state index contributed by atoms with van der Waals surface area (Å²) in [6.45, 7) is 0. The number of nitrogens with two attached hydrogens (primary N) is 1. The standard InChI is InChI=1S/C18H14F2N4O3S/c19-11-6-8-15(14(20)9-11)28(26,27)23-24-17-12-4-2-1-3-10(12)5-7-13(17)16(22-24)18(21)25/h1-4,6,8-9,23H,5,7H2,(H2,21,25). The van der Waals surface area contributed by atoms with Crippen molar-refractivity contribution in [1.82, 2.24) is 9.89 Å². The van der Waals surface area contributed by atoms with Crippen molar-refractivity contribution >= 4 is 15.9 Å². The lowest BCUT2D eigenvalue weighted by atomic mass is 9.89. The first kappa shape index (κ1) is 18.1. The Kier molecular flexibility index (Phi) is 4.15. The number of sulfonamides is 1. The first-order chi connectivity index (χ1) is 13.3. The number of aryl methyl sites for hydroxylation is 1. The summed E-state index contributed by atoms with van der Waals surface area (Å²) in [7, 11) is -4.45. The number of nitrogens with one attached hydrogen (secondary N) is 1. The van der Waals surface area contributed by atoms with Crippen molar-refractivity contribution in [3.05, 3.63) is 70.9 Å². The van der Waals surface area contributed by atoms with Crippen LogP contribution in [0, 0.1) is 11.6 Å². The smallest absolute Gasteiger partial charge is 0.279 e. The molecule has 1 amide bonds. The molecule has 0 unspecified atom stereocenters. The second kappa shape index (κ2) is 6.41. The maximum atomic E-state index is 14.0. The van der Waals surface area contributed by atoms with E-state index in [-0.39, 0.29) is 5.69 Å². The molecule has 0 spiro atoms. The van der Waals surface area contributed by atoms with E-state index in [1.165, 1.54) is 0 Å². The molecule has 1 aliphatic rings. The van der Waals surface area contributed by atoms with Gasteiger partial charge in [-0.15, -0.1) is 5.10 Å². The van der Waals surface area contributed by atoms with Gasteiger partial charge in [-0.1, -0.05) is 24.3 Å². The van der Waals surface area contributed by atoms with Crippen LogP contribution in [0.1, 0.15) is 21.6 Å². The lowest BCUT2D eigenvalue weighted by Crippen LogP contribution is -2.27. The quantitative estimate of drug-likeness (QED) is 0.693. The fourth-order valence-electron chi connectivity index (χ4n) is 3.31. The molecular weight excluding hydrogens is 390 g/mol. The SMILES string of the molecule is NC(=O)c1nn(NS(=O)(=O)c2ccc(F)cc2F)c2c1CCc1ccccc1-2. The van der Waals surface area contributed by atoms with Crippen LogP contribution in [0.15, 0.2) is 47.4 Å². The van der Waals surface area contributed by atoms with Gasteiger partial charge in [-0.25, -0.2) is 8.78 Å². The zero-order chi connectivity index (χ0) is 20.1. The van der Waals surface area contributed by atoms with Crippen molar-refractivity contribution < 1.29 is 22.0 Å². The van der Waals surface area contributed by atoms with E-state index in [2.05, 4.69) is 9.93 Å². The molecule has 0 saturated heterocycles. The van der Waals surface area contributed by atoms with Gasteiger partial charge >= 0.3 is 0 Å². The first-order valence-corrected chi connectivity index (χ1v) is 9.74. The molecule has 0 fully saturated rings. The van der Waals surface area contributed by atoms with Gasteiger partial charge in [-0.2, -0.15) is 18.0 Å². The Morgan fingerprint density at radius 1 is 1.14 bits per heavy atom. The normalized spacial score (nSPS) is 12.9. The highest BCUT2D eigenvalue weighted by atomic mass is 32.2. The average molecular weight is 404 g/mol. The Labute approximate surface area is 158 Å². The van der Waals surface area contributed by atoms with Crippen LogP contribution in [0.4, 0.5) is 8.78 Å². The van der Waals surface area contributed by atoms with Crippen molar-refractivity contribution in [2.24, 2.45) is 5.73 Å². The lowest BCUT2D eigenvalue weighted by Gasteiger charge is -2.19. The highest BCUT2D eigenvalue weighted by molar-refractivity contribution is 7.92. The molecule has 0 radical (unpaired) electrons. The van der Waals surface area contributed by atoms with Crippen LogP contribution in [0.5, 0.6) is 0 Å². The van der Waals surface area contributed by atoms with E-state index < -0.39 is 32.5 Å². The van der Waals surface area contributed by atoms with E-state index in [9.17, 15) is 22.0 Å². The number of halogens is 2. The van der Waals surface area contributed by atoms with Gasteiger partial charge in [0.1, 0.15) is 16.5 Å². The summed E-state index contributed by atoms with van der Waals surface area (Å²) < 4.78 is 52.4. The third kappa shape index (κ3) is 2.91. The number of hydrogen-bond acceptors (Lipinski definition) is 4. The number of fused-ring (bicyclic) bond motifs is 3. The molecule has 3 N–H and O–H groups in total. The molecule has 2 aromatic carbocycles. The Morgan fingerprint density at radius 3 is 2.61 bits per heavy atom. The van der Waals surface area contributed by atoms with E-state index in [1.54, 1.807) is 12.1 Å². The van der Waals surface area contributed by atoms with Crippen LogP contribution in [-0.2, 0) is 22.9 Å². The van der Waals surface area contributed by atoms with Gasteiger partial charge in [0.25, 0.3) is 15.9 Å². The minimum absolute atomic E-state index is 0.0632. The molecule has 10 heteroatoms. The Morgan fingerprint density at radius 2 is 1.89 bits per heavy atom. The number of nitrogens with zero attached hydrogens (tertiary/aromatic N) is 2. The van der Waals surface area contributed by atoms with Gasteiger partial charge in [0, 0.05) is 17.2 Å². The summed E-state index contributed by atoms with van der Waals surface area (Å²) >= 11 is 0. The highest BCUT2D eigenvalue weighted by Gasteiger charge is 2.30. The number of rotatable bonds is 4. The van der Waals surface area contributed by atoms with E-state index in [0.717, 1.165) is 22.5 Å². The number of carbonyl (C=O) groups excluding carboxylic acids is 1. The van der Waals surface area contributed by atoms with Gasteiger partial charge in [0.15, 0.2) is 5.69 Å². The van der Waals surface area contributed by atoms with Crippen LogP contribution in [-0.4, -0.2) is 24.2 Å². The van der Waals surface area contributed by atoms with E-state index >= 15 is 0 Å². The second-order valence-electron chi connectivity index (χ2n) is 6.28. The number of amides is 1. The number of aromatic nitrogens is 2. The molecule has 0 bridgehead atoms. The summed E-state index contributed by atoms with van der Waals surface area (Å²) in [6, 6.07) is 9.38. The highest BCUT2D eigenvalue weighted by Crippen LogP contribution is 2.35. The molecule has 1 heterocycles. The topological polar surface area (TPSA) is 107 Å². The van der Waals surface area contributed by atoms with Crippen molar-refractivity contribution in [3.63, 3.8) is 0 Å². The van der Waals surface area contributed by atoms with Gasteiger partial charge in [-0.05, 0) is 30.5 Å². The fraction of sp³-hybridized carbons (Fsp3) is 0.111. The fourth-order valence-corrected chi connectivity index (χ4v) is 4.33. The number of carbonyl (C=O) groups is 1. The van der Waals surface area contributed by atoms with Crippen LogP contribution < -0.4 is 10.6 Å². The minimum Gasteiger partial charge on any atom is -0.364 e. The molecule has 4 rings (SSSR count). The Hall–Kier alpha value is -3.27. The molecule has 28 heavy (non-hydrogen) atoms. The summed E-state index contributed by atoms with van der Waals surface area (Å²) in [5.74, 6) is -2.96. The predicted molar refractivity (Wildman–Crippen MR) is 96.5 cm³/mol.